The molecule has 1 saturated heterocycles. The second kappa shape index (κ2) is 5.06. The summed E-state index contributed by atoms with van der Waals surface area (Å²) in [6, 6.07) is 4.46. The standard InChI is InChI=1S/C11H16N4O3S/c12-7-1-3-9(10(5-7)19(13,17)18)15-8-2-4-11(16)14-6-8/h1,3,5,8,15H,2,4,6,12H2,(H,14,16)(H2,13,17,18). The minimum Gasteiger partial charge on any atom is -0.399 e. The molecule has 6 N–H and O–H groups in total. The summed E-state index contributed by atoms with van der Waals surface area (Å²) in [4.78, 5) is 11.0. The lowest BCUT2D eigenvalue weighted by atomic mass is 10.1. The summed E-state index contributed by atoms with van der Waals surface area (Å²) in [5, 5.41) is 11.0. The van der Waals surface area contributed by atoms with Crippen LogP contribution in [0.1, 0.15) is 12.8 Å². The maximum absolute atomic E-state index is 11.5. The van der Waals surface area contributed by atoms with Gasteiger partial charge < -0.3 is 16.4 Å². The van der Waals surface area contributed by atoms with Crippen LogP contribution in [0.5, 0.6) is 0 Å². The normalized spacial score (nSPS) is 19.8. The highest BCUT2D eigenvalue weighted by molar-refractivity contribution is 7.89. The molecule has 1 heterocycles. The van der Waals surface area contributed by atoms with Gasteiger partial charge in [-0.1, -0.05) is 0 Å². The molecule has 1 unspecified atom stereocenters. The fourth-order valence-electron chi connectivity index (χ4n) is 1.97. The number of hydrogen-bond acceptors (Lipinski definition) is 5. The van der Waals surface area contributed by atoms with E-state index in [-0.39, 0.29) is 16.8 Å². The first-order valence-corrected chi connectivity index (χ1v) is 7.36. The second-order valence-corrected chi connectivity index (χ2v) is 6.01. The van der Waals surface area contributed by atoms with Crippen molar-refractivity contribution in [2.75, 3.05) is 17.6 Å². The average molecular weight is 284 g/mol. The predicted molar refractivity (Wildman–Crippen MR) is 71.9 cm³/mol. The number of anilines is 2. The third-order valence-electron chi connectivity index (χ3n) is 2.94. The minimum atomic E-state index is -3.85. The van der Waals surface area contributed by atoms with Gasteiger partial charge in [-0.2, -0.15) is 0 Å². The fraction of sp³-hybridized carbons (Fsp3) is 0.364. The van der Waals surface area contributed by atoms with Gasteiger partial charge in [-0.3, -0.25) is 4.79 Å². The third-order valence-corrected chi connectivity index (χ3v) is 3.89. The highest BCUT2D eigenvalue weighted by Crippen LogP contribution is 2.24. The second-order valence-electron chi connectivity index (χ2n) is 4.48. The van der Waals surface area contributed by atoms with Gasteiger partial charge in [0.2, 0.25) is 15.9 Å². The van der Waals surface area contributed by atoms with E-state index in [4.69, 9.17) is 10.9 Å². The number of sulfonamides is 1. The van der Waals surface area contributed by atoms with E-state index in [1.807, 2.05) is 0 Å². The Morgan fingerprint density at radius 2 is 2.11 bits per heavy atom. The molecule has 1 atom stereocenters. The SMILES string of the molecule is Nc1ccc(NC2CCC(=O)NC2)c(S(N)(=O)=O)c1. The van der Waals surface area contributed by atoms with Gasteiger partial charge in [-0.25, -0.2) is 13.6 Å². The van der Waals surface area contributed by atoms with E-state index in [0.717, 1.165) is 0 Å². The van der Waals surface area contributed by atoms with Gasteiger partial charge in [-0.05, 0) is 24.6 Å². The zero-order valence-corrected chi connectivity index (χ0v) is 11.0. The number of piperidine rings is 1. The molecule has 1 fully saturated rings. The number of carbonyl (C=O) groups excluding carboxylic acids is 1. The van der Waals surface area contributed by atoms with Crippen molar-refractivity contribution < 1.29 is 13.2 Å². The topological polar surface area (TPSA) is 127 Å². The Labute approximate surface area is 111 Å². The van der Waals surface area contributed by atoms with Crippen LogP contribution in [0.2, 0.25) is 0 Å². The van der Waals surface area contributed by atoms with Gasteiger partial charge in [0.05, 0.1) is 5.69 Å². The quantitative estimate of drug-likeness (QED) is 0.562. The number of rotatable bonds is 3. The van der Waals surface area contributed by atoms with Crippen molar-refractivity contribution >= 4 is 27.3 Å². The summed E-state index contributed by atoms with van der Waals surface area (Å²) in [7, 11) is -3.85. The molecule has 0 radical (unpaired) electrons. The van der Waals surface area contributed by atoms with E-state index >= 15 is 0 Å². The van der Waals surface area contributed by atoms with Gasteiger partial charge in [0, 0.05) is 24.7 Å². The number of nitrogens with one attached hydrogen (secondary N) is 2. The molecule has 1 amide bonds. The molecule has 0 aliphatic carbocycles. The average Bonchev–Trinajstić information content (AvgIpc) is 2.33. The molecule has 104 valence electrons. The summed E-state index contributed by atoms with van der Waals surface area (Å²) < 4.78 is 23.0. The smallest absolute Gasteiger partial charge is 0.240 e. The minimum absolute atomic E-state index is 0.00188. The van der Waals surface area contributed by atoms with Gasteiger partial charge in [0.15, 0.2) is 0 Å². The van der Waals surface area contributed by atoms with Crippen LogP contribution in [0.15, 0.2) is 23.1 Å². The highest BCUT2D eigenvalue weighted by Gasteiger charge is 2.21. The lowest BCUT2D eigenvalue weighted by Crippen LogP contribution is -2.42. The summed E-state index contributed by atoms with van der Waals surface area (Å²) in [5.74, 6) is 0.00188. The molecule has 0 aromatic heterocycles. The number of hydrogen-bond donors (Lipinski definition) is 4. The van der Waals surface area contributed by atoms with Crippen molar-refractivity contribution in [2.24, 2.45) is 5.14 Å². The van der Waals surface area contributed by atoms with E-state index in [9.17, 15) is 13.2 Å². The maximum atomic E-state index is 11.5. The third kappa shape index (κ3) is 3.36. The zero-order chi connectivity index (χ0) is 14.0. The lowest BCUT2D eigenvalue weighted by molar-refractivity contribution is -0.122. The van der Waals surface area contributed by atoms with E-state index in [0.29, 0.717) is 30.8 Å². The molecular formula is C11H16N4O3S. The van der Waals surface area contributed by atoms with Gasteiger partial charge in [0.25, 0.3) is 0 Å². The van der Waals surface area contributed by atoms with Crippen LogP contribution in [0.25, 0.3) is 0 Å². The summed E-state index contributed by atoms with van der Waals surface area (Å²) >= 11 is 0. The van der Waals surface area contributed by atoms with E-state index in [1.54, 1.807) is 12.1 Å². The van der Waals surface area contributed by atoms with E-state index in [2.05, 4.69) is 10.6 Å². The fourth-order valence-corrected chi connectivity index (χ4v) is 2.70. The monoisotopic (exact) mass is 284 g/mol. The molecule has 1 aliphatic rings. The molecule has 1 aromatic rings. The van der Waals surface area contributed by atoms with Crippen LogP contribution < -0.4 is 21.5 Å². The van der Waals surface area contributed by atoms with Crippen LogP contribution in [-0.2, 0) is 14.8 Å². The lowest BCUT2D eigenvalue weighted by Gasteiger charge is -2.25. The number of nitrogens with two attached hydrogens (primary N) is 2. The Morgan fingerprint density at radius 3 is 2.68 bits per heavy atom. The molecule has 0 bridgehead atoms. The molecule has 7 nitrogen and oxygen atoms in total. The van der Waals surface area contributed by atoms with Crippen LogP contribution >= 0.6 is 0 Å². The Balaban J connectivity index is 2.23. The number of carbonyl (C=O) groups is 1. The Kier molecular flexibility index (Phi) is 3.63. The summed E-state index contributed by atoms with van der Waals surface area (Å²) in [6.07, 6.45) is 1.05. The van der Waals surface area contributed by atoms with Crippen LogP contribution in [0.3, 0.4) is 0 Å². The highest BCUT2D eigenvalue weighted by atomic mass is 32.2. The van der Waals surface area contributed by atoms with Crippen molar-refractivity contribution in [3.8, 4) is 0 Å². The largest absolute Gasteiger partial charge is 0.399 e. The van der Waals surface area contributed by atoms with Crippen LogP contribution in [0.4, 0.5) is 11.4 Å². The molecule has 0 spiro atoms. The molecular weight excluding hydrogens is 268 g/mol. The van der Waals surface area contributed by atoms with E-state index in [1.165, 1.54) is 6.07 Å². The predicted octanol–water partition coefficient (Wildman–Crippen LogP) is -0.393. The molecule has 0 saturated carbocycles. The van der Waals surface area contributed by atoms with Gasteiger partial charge in [-0.15, -0.1) is 0 Å². The molecule has 1 aromatic carbocycles. The molecule has 2 rings (SSSR count). The summed E-state index contributed by atoms with van der Waals surface area (Å²) in [5.41, 5.74) is 6.30. The summed E-state index contributed by atoms with van der Waals surface area (Å²) in [6.45, 7) is 0.452. The Morgan fingerprint density at radius 1 is 1.37 bits per heavy atom. The van der Waals surface area contributed by atoms with Gasteiger partial charge in [0.1, 0.15) is 4.90 Å². The van der Waals surface area contributed by atoms with Crippen molar-refractivity contribution in [3.05, 3.63) is 18.2 Å². The number of benzene rings is 1. The molecule has 19 heavy (non-hydrogen) atoms. The Bertz CT molecular complexity index is 590. The first kappa shape index (κ1) is 13.6. The number of primary sulfonamides is 1. The van der Waals surface area contributed by atoms with Crippen LogP contribution in [0, 0.1) is 0 Å². The van der Waals surface area contributed by atoms with Crippen molar-refractivity contribution in [1.29, 1.82) is 0 Å². The van der Waals surface area contributed by atoms with E-state index < -0.39 is 10.0 Å². The molecule has 8 heteroatoms. The van der Waals surface area contributed by atoms with Crippen LogP contribution in [-0.4, -0.2) is 26.9 Å². The van der Waals surface area contributed by atoms with Crippen molar-refractivity contribution in [2.45, 2.75) is 23.8 Å². The van der Waals surface area contributed by atoms with Crippen molar-refractivity contribution in [3.63, 3.8) is 0 Å². The first-order chi connectivity index (χ1) is 8.86. The number of nitrogen functional groups attached to an aromatic ring is 1. The van der Waals surface area contributed by atoms with Gasteiger partial charge >= 0.3 is 0 Å². The zero-order valence-electron chi connectivity index (χ0n) is 10.2. The molecule has 1 aliphatic heterocycles. The Hall–Kier alpha value is -1.80. The first-order valence-electron chi connectivity index (χ1n) is 5.82. The number of amides is 1. The van der Waals surface area contributed by atoms with Crippen molar-refractivity contribution in [1.82, 2.24) is 5.32 Å². The maximum Gasteiger partial charge on any atom is 0.240 e.